The summed E-state index contributed by atoms with van der Waals surface area (Å²) in [7, 11) is -0.688. The third kappa shape index (κ3) is 5.36. The van der Waals surface area contributed by atoms with Gasteiger partial charge in [-0.05, 0) is 24.5 Å². The van der Waals surface area contributed by atoms with Gasteiger partial charge in [-0.15, -0.1) is 0 Å². The summed E-state index contributed by atoms with van der Waals surface area (Å²) in [6.07, 6.45) is 3.01. The zero-order chi connectivity index (χ0) is 11.5. The molecule has 90 valence electrons. The van der Waals surface area contributed by atoms with Crippen LogP contribution >= 0.6 is 11.8 Å². The zero-order valence-electron chi connectivity index (χ0n) is 10.2. The lowest BCUT2D eigenvalue weighted by molar-refractivity contribution is 0.308. The normalized spacial score (nSPS) is 29.7. The number of rotatable bonds is 4. The highest BCUT2D eigenvalue weighted by Gasteiger charge is 2.28. The first-order valence-corrected chi connectivity index (χ1v) is 8.41. The Labute approximate surface area is 100 Å². The molecule has 1 aliphatic heterocycles. The van der Waals surface area contributed by atoms with Gasteiger partial charge in [0, 0.05) is 40.6 Å². The Morgan fingerprint density at radius 3 is 2.80 bits per heavy atom. The summed E-state index contributed by atoms with van der Waals surface area (Å²) in [6, 6.07) is 0.965. The Kier molecular flexibility index (Phi) is 5.13. The van der Waals surface area contributed by atoms with E-state index in [9.17, 15) is 4.21 Å². The van der Waals surface area contributed by atoms with Crippen molar-refractivity contribution < 1.29 is 4.21 Å². The molecular formula is C11H23NOS2. The Morgan fingerprint density at radius 2 is 2.27 bits per heavy atom. The summed E-state index contributed by atoms with van der Waals surface area (Å²) >= 11 is 2.03. The fraction of sp³-hybridized carbons (Fsp3) is 1.00. The van der Waals surface area contributed by atoms with Crippen LogP contribution in [0.5, 0.6) is 0 Å². The molecular weight excluding hydrogens is 226 g/mol. The van der Waals surface area contributed by atoms with Gasteiger partial charge in [-0.3, -0.25) is 4.21 Å². The van der Waals surface area contributed by atoms with Crippen LogP contribution in [0.1, 0.15) is 27.2 Å². The van der Waals surface area contributed by atoms with Crippen molar-refractivity contribution in [1.82, 2.24) is 5.32 Å². The van der Waals surface area contributed by atoms with Crippen LogP contribution < -0.4 is 5.32 Å². The molecule has 0 saturated carbocycles. The Hall–Kier alpha value is 0.460. The summed E-state index contributed by atoms with van der Waals surface area (Å²) in [5.74, 6) is 3.23. The van der Waals surface area contributed by atoms with Crippen molar-refractivity contribution in [3.8, 4) is 0 Å². The summed E-state index contributed by atoms with van der Waals surface area (Å²) < 4.78 is 11.1. The van der Waals surface area contributed by atoms with Gasteiger partial charge in [0.05, 0.1) is 0 Å². The second-order valence-electron chi connectivity index (χ2n) is 5.39. The van der Waals surface area contributed by atoms with Crippen molar-refractivity contribution in [2.24, 2.45) is 5.41 Å². The van der Waals surface area contributed by atoms with Crippen LogP contribution in [0.2, 0.25) is 0 Å². The number of hydrogen-bond donors (Lipinski definition) is 1. The van der Waals surface area contributed by atoms with Gasteiger partial charge in [0.2, 0.25) is 0 Å². The minimum Gasteiger partial charge on any atom is -0.310 e. The first kappa shape index (κ1) is 13.5. The molecule has 0 aromatic rings. The molecule has 4 heteroatoms. The molecule has 0 aromatic heterocycles. The maximum Gasteiger partial charge on any atom is 0.0383 e. The molecule has 15 heavy (non-hydrogen) atoms. The largest absolute Gasteiger partial charge is 0.310 e. The smallest absolute Gasteiger partial charge is 0.0383 e. The minimum absolute atomic E-state index is 0.371. The maximum atomic E-state index is 11.1. The first-order chi connectivity index (χ1) is 6.89. The van der Waals surface area contributed by atoms with Crippen LogP contribution in [0.25, 0.3) is 0 Å². The summed E-state index contributed by atoms with van der Waals surface area (Å²) in [5, 5.41) is 3.59. The Bertz CT molecular complexity index is 231. The van der Waals surface area contributed by atoms with E-state index in [0.29, 0.717) is 17.5 Å². The number of nitrogens with one attached hydrogen (secondary N) is 1. The van der Waals surface area contributed by atoms with E-state index >= 15 is 0 Å². The molecule has 1 fully saturated rings. The van der Waals surface area contributed by atoms with Crippen LogP contribution in [-0.2, 0) is 10.8 Å². The molecule has 0 bridgehead atoms. The molecule has 1 rings (SSSR count). The highest BCUT2D eigenvalue weighted by Crippen LogP contribution is 2.33. The third-order valence-electron chi connectivity index (χ3n) is 2.62. The second kappa shape index (κ2) is 5.69. The van der Waals surface area contributed by atoms with E-state index in [4.69, 9.17) is 0 Å². The monoisotopic (exact) mass is 249 g/mol. The van der Waals surface area contributed by atoms with Crippen molar-refractivity contribution in [3.63, 3.8) is 0 Å². The summed E-state index contributed by atoms with van der Waals surface area (Å²) in [4.78, 5) is 0. The van der Waals surface area contributed by atoms with Gasteiger partial charge < -0.3 is 5.32 Å². The van der Waals surface area contributed by atoms with Crippen molar-refractivity contribution in [2.45, 2.75) is 39.3 Å². The fourth-order valence-electron chi connectivity index (χ4n) is 2.17. The van der Waals surface area contributed by atoms with Gasteiger partial charge >= 0.3 is 0 Å². The summed E-state index contributed by atoms with van der Waals surface area (Å²) in [5.41, 5.74) is 0.450. The van der Waals surface area contributed by atoms with Gasteiger partial charge in [-0.2, -0.15) is 11.8 Å². The van der Waals surface area contributed by atoms with E-state index in [1.165, 1.54) is 17.9 Å². The van der Waals surface area contributed by atoms with E-state index in [1.807, 2.05) is 11.8 Å². The molecule has 3 unspecified atom stereocenters. The second-order valence-corrected chi connectivity index (χ2v) is 7.90. The van der Waals surface area contributed by atoms with Crippen LogP contribution in [0.15, 0.2) is 0 Å². The molecule has 0 aromatic carbocycles. The Morgan fingerprint density at radius 1 is 1.60 bits per heavy atom. The van der Waals surface area contributed by atoms with E-state index in [1.54, 1.807) is 6.26 Å². The van der Waals surface area contributed by atoms with Crippen molar-refractivity contribution in [2.75, 3.05) is 23.5 Å². The third-order valence-corrected chi connectivity index (χ3v) is 5.21. The van der Waals surface area contributed by atoms with Gasteiger partial charge in [0.1, 0.15) is 0 Å². The van der Waals surface area contributed by atoms with Gasteiger partial charge in [0.25, 0.3) is 0 Å². The zero-order valence-corrected chi connectivity index (χ0v) is 11.8. The van der Waals surface area contributed by atoms with Gasteiger partial charge in [-0.1, -0.05) is 13.8 Å². The van der Waals surface area contributed by atoms with E-state index in [-0.39, 0.29) is 0 Å². The van der Waals surface area contributed by atoms with Gasteiger partial charge in [0.15, 0.2) is 0 Å². The molecule has 0 aliphatic carbocycles. The molecule has 3 atom stereocenters. The lowest BCUT2D eigenvalue weighted by Crippen LogP contribution is -2.45. The Balaban J connectivity index is 2.34. The highest BCUT2D eigenvalue weighted by molar-refractivity contribution is 7.99. The predicted molar refractivity (Wildman–Crippen MR) is 71.0 cm³/mol. The molecule has 2 nitrogen and oxygen atoms in total. The summed E-state index contributed by atoms with van der Waals surface area (Å²) in [6.45, 7) is 6.79. The van der Waals surface area contributed by atoms with Crippen molar-refractivity contribution in [1.29, 1.82) is 0 Å². The lowest BCUT2D eigenvalue weighted by Gasteiger charge is -2.36. The average molecular weight is 249 g/mol. The molecule has 0 radical (unpaired) electrons. The van der Waals surface area contributed by atoms with Crippen LogP contribution in [0.3, 0.4) is 0 Å². The van der Waals surface area contributed by atoms with Crippen LogP contribution in [0, 0.1) is 5.41 Å². The van der Waals surface area contributed by atoms with Crippen LogP contribution in [0.4, 0.5) is 0 Å². The molecule has 0 spiro atoms. The van der Waals surface area contributed by atoms with Crippen molar-refractivity contribution >= 4 is 22.6 Å². The molecule has 1 heterocycles. The first-order valence-electron chi connectivity index (χ1n) is 5.53. The van der Waals surface area contributed by atoms with E-state index < -0.39 is 10.8 Å². The highest BCUT2D eigenvalue weighted by atomic mass is 32.2. The topological polar surface area (TPSA) is 29.1 Å². The molecule has 1 aliphatic rings. The average Bonchev–Trinajstić information content (AvgIpc) is 1.99. The standard InChI is InChI=1S/C11H23NOS2/c1-9(7-15(4)13)12-10-5-11(2,3)8-14-6-10/h9-10,12H,5-8H2,1-4H3. The van der Waals surface area contributed by atoms with Crippen molar-refractivity contribution in [3.05, 3.63) is 0 Å². The number of thioether (sulfide) groups is 1. The quantitative estimate of drug-likeness (QED) is 0.825. The minimum atomic E-state index is -0.688. The van der Waals surface area contributed by atoms with Crippen LogP contribution in [-0.4, -0.2) is 39.8 Å². The van der Waals surface area contributed by atoms with E-state index in [2.05, 4.69) is 26.1 Å². The maximum absolute atomic E-state index is 11.1. The SMILES string of the molecule is CC(CS(C)=O)NC1CSCC(C)(C)C1. The molecule has 1 N–H and O–H groups in total. The fourth-order valence-corrected chi connectivity index (χ4v) is 4.26. The number of hydrogen-bond acceptors (Lipinski definition) is 3. The van der Waals surface area contributed by atoms with E-state index in [0.717, 1.165) is 5.75 Å². The van der Waals surface area contributed by atoms with Gasteiger partial charge in [-0.25, -0.2) is 0 Å². The molecule has 0 amide bonds. The predicted octanol–water partition coefficient (Wildman–Crippen LogP) is 1.87. The molecule has 1 saturated heterocycles. The lowest BCUT2D eigenvalue weighted by atomic mass is 9.87.